The molecule has 2 heterocycles. The van der Waals surface area contributed by atoms with Gasteiger partial charge in [-0.2, -0.15) is 0 Å². The van der Waals surface area contributed by atoms with Crippen molar-refractivity contribution in [3.05, 3.63) is 17.8 Å². The van der Waals surface area contributed by atoms with Crippen LogP contribution in [0.1, 0.15) is 18.5 Å². The second-order valence-electron chi connectivity index (χ2n) is 4.18. The van der Waals surface area contributed by atoms with Crippen LogP contribution in [0.2, 0.25) is 0 Å². The van der Waals surface area contributed by atoms with E-state index in [4.69, 9.17) is 0 Å². The molecule has 2 aliphatic rings. The number of aryl methyl sites for hydroxylation is 1. The van der Waals surface area contributed by atoms with Gasteiger partial charge in [-0.1, -0.05) is 0 Å². The first-order chi connectivity index (χ1) is 6.84. The summed E-state index contributed by atoms with van der Waals surface area (Å²) in [6.45, 7) is 4.21. The number of fused-ring (bicyclic) bond motifs is 1. The number of aromatic nitrogens is 1. The smallest absolute Gasteiger partial charge is 0.152 e. The van der Waals surface area contributed by atoms with Crippen molar-refractivity contribution in [2.75, 3.05) is 23.3 Å². The number of hydrogen-bond donors (Lipinski definition) is 1. The second-order valence-corrected chi connectivity index (χ2v) is 4.18. The molecule has 0 radical (unpaired) electrons. The molecule has 1 aliphatic carbocycles. The fourth-order valence-corrected chi connectivity index (χ4v) is 2.06. The molecule has 1 N–H and O–H groups in total. The van der Waals surface area contributed by atoms with E-state index in [0.717, 1.165) is 24.8 Å². The molecular formula is C11H15N3. The molecule has 0 amide bonds. The Kier molecular flexibility index (Phi) is 1.66. The molecule has 0 aromatic carbocycles. The summed E-state index contributed by atoms with van der Waals surface area (Å²) in [6.07, 6.45) is 2.68. The number of pyridine rings is 1. The Morgan fingerprint density at radius 3 is 3.07 bits per heavy atom. The van der Waals surface area contributed by atoms with Gasteiger partial charge >= 0.3 is 0 Å². The first-order valence-electron chi connectivity index (χ1n) is 5.33. The van der Waals surface area contributed by atoms with Crippen LogP contribution in [0.25, 0.3) is 0 Å². The Hall–Kier alpha value is -1.25. The lowest BCUT2D eigenvalue weighted by atomic mass is 10.2. The maximum atomic E-state index is 4.62. The number of hydrogen-bond acceptors (Lipinski definition) is 3. The zero-order chi connectivity index (χ0) is 9.54. The predicted molar refractivity (Wildman–Crippen MR) is 57.8 cm³/mol. The topological polar surface area (TPSA) is 28.2 Å². The molecule has 0 atom stereocenters. The van der Waals surface area contributed by atoms with Gasteiger partial charge in [0.05, 0.1) is 5.69 Å². The maximum absolute atomic E-state index is 4.62. The molecule has 1 aromatic rings. The summed E-state index contributed by atoms with van der Waals surface area (Å²) in [4.78, 5) is 7.08. The SMILES string of the molecule is Cc1ccc2c(n1)N(C1CC1)CCN2. The highest BCUT2D eigenvalue weighted by Gasteiger charge is 2.32. The van der Waals surface area contributed by atoms with E-state index in [1.165, 1.54) is 24.3 Å². The van der Waals surface area contributed by atoms with Crippen LogP contribution in [-0.4, -0.2) is 24.1 Å². The Bertz CT molecular complexity index is 358. The predicted octanol–water partition coefficient (Wildman–Crippen LogP) is 1.78. The summed E-state index contributed by atoms with van der Waals surface area (Å²) in [5.74, 6) is 1.17. The summed E-state index contributed by atoms with van der Waals surface area (Å²) in [6, 6.07) is 4.99. The summed E-state index contributed by atoms with van der Waals surface area (Å²) >= 11 is 0. The second kappa shape index (κ2) is 2.87. The van der Waals surface area contributed by atoms with Crippen molar-refractivity contribution >= 4 is 11.5 Å². The molecule has 1 aromatic heterocycles. The molecule has 1 fully saturated rings. The Balaban J connectivity index is 2.02. The lowest BCUT2D eigenvalue weighted by molar-refractivity contribution is 0.763. The van der Waals surface area contributed by atoms with E-state index in [-0.39, 0.29) is 0 Å². The van der Waals surface area contributed by atoms with Gasteiger partial charge in [0.2, 0.25) is 0 Å². The number of rotatable bonds is 1. The van der Waals surface area contributed by atoms with Crippen LogP contribution in [0.3, 0.4) is 0 Å². The van der Waals surface area contributed by atoms with Gasteiger partial charge in [-0.15, -0.1) is 0 Å². The highest BCUT2D eigenvalue weighted by Crippen LogP contribution is 2.36. The average Bonchev–Trinajstić information content (AvgIpc) is 3.00. The van der Waals surface area contributed by atoms with E-state index in [1.807, 2.05) is 0 Å². The zero-order valence-corrected chi connectivity index (χ0v) is 8.45. The van der Waals surface area contributed by atoms with Gasteiger partial charge in [-0.25, -0.2) is 4.98 Å². The summed E-state index contributed by atoms with van der Waals surface area (Å²) in [5.41, 5.74) is 2.31. The standard InChI is InChI=1S/C11H15N3/c1-8-2-5-10-11(13-8)14(7-6-12-10)9-3-4-9/h2,5,9,12H,3-4,6-7H2,1H3. The number of nitrogens with one attached hydrogen (secondary N) is 1. The molecule has 0 saturated heterocycles. The fraction of sp³-hybridized carbons (Fsp3) is 0.545. The minimum atomic E-state index is 0.769. The summed E-state index contributed by atoms with van der Waals surface area (Å²) in [5, 5.41) is 3.40. The van der Waals surface area contributed by atoms with Crippen molar-refractivity contribution in [2.24, 2.45) is 0 Å². The van der Waals surface area contributed by atoms with Crippen molar-refractivity contribution in [1.29, 1.82) is 0 Å². The lowest BCUT2D eigenvalue weighted by Crippen LogP contribution is -2.36. The van der Waals surface area contributed by atoms with Crippen LogP contribution in [0.15, 0.2) is 12.1 Å². The molecule has 74 valence electrons. The van der Waals surface area contributed by atoms with E-state index in [2.05, 4.69) is 34.3 Å². The summed E-state index contributed by atoms with van der Waals surface area (Å²) in [7, 11) is 0. The van der Waals surface area contributed by atoms with E-state index in [9.17, 15) is 0 Å². The third kappa shape index (κ3) is 1.24. The number of nitrogens with zero attached hydrogens (tertiary/aromatic N) is 2. The zero-order valence-electron chi connectivity index (χ0n) is 8.45. The Morgan fingerprint density at radius 2 is 2.29 bits per heavy atom. The first kappa shape index (κ1) is 8.09. The van der Waals surface area contributed by atoms with Crippen LogP contribution in [0, 0.1) is 6.92 Å². The van der Waals surface area contributed by atoms with Gasteiger partial charge in [-0.3, -0.25) is 0 Å². The normalized spacial score (nSPS) is 20.2. The van der Waals surface area contributed by atoms with E-state index in [1.54, 1.807) is 0 Å². The third-order valence-corrected chi connectivity index (χ3v) is 2.94. The first-order valence-corrected chi connectivity index (χ1v) is 5.33. The molecule has 14 heavy (non-hydrogen) atoms. The minimum Gasteiger partial charge on any atom is -0.380 e. The molecule has 0 unspecified atom stereocenters. The van der Waals surface area contributed by atoms with Crippen molar-refractivity contribution in [2.45, 2.75) is 25.8 Å². The van der Waals surface area contributed by atoms with Crippen LogP contribution >= 0.6 is 0 Å². The molecule has 1 saturated carbocycles. The Morgan fingerprint density at radius 1 is 1.43 bits per heavy atom. The van der Waals surface area contributed by atoms with E-state index < -0.39 is 0 Å². The highest BCUT2D eigenvalue weighted by molar-refractivity contribution is 5.69. The van der Waals surface area contributed by atoms with Crippen molar-refractivity contribution in [1.82, 2.24) is 4.98 Å². The lowest BCUT2D eigenvalue weighted by Gasteiger charge is -2.31. The highest BCUT2D eigenvalue weighted by atomic mass is 15.3. The molecule has 3 heteroatoms. The van der Waals surface area contributed by atoms with Crippen LogP contribution < -0.4 is 10.2 Å². The average molecular weight is 189 g/mol. The van der Waals surface area contributed by atoms with Crippen LogP contribution in [0.4, 0.5) is 11.5 Å². The van der Waals surface area contributed by atoms with Crippen molar-refractivity contribution < 1.29 is 0 Å². The molecule has 1 aliphatic heterocycles. The van der Waals surface area contributed by atoms with Gasteiger partial charge < -0.3 is 10.2 Å². The maximum Gasteiger partial charge on any atom is 0.152 e. The molecule has 3 rings (SSSR count). The fourth-order valence-electron chi connectivity index (χ4n) is 2.06. The third-order valence-electron chi connectivity index (χ3n) is 2.94. The Labute approximate surface area is 84.1 Å². The van der Waals surface area contributed by atoms with Gasteiger partial charge in [0, 0.05) is 24.8 Å². The monoisotopic (exact) mass is 189 g/mol. The van der Waals surface area contributed by atoms with Crippen LogP contribution in [0.5, 0.6) is 0 Å². The van der Waals surface area contributed by atoms with Crippen molar-refractivity contribution in [3.8, 4) is 0 Å². The minimum absolute atomic E-state index is 0.769. The molecule has 3 nitrogen and oxygen atoms in total. The van der Waals surface area contributed by atoms with E-state index >= 15 is 0 Å². The number of anilines is 2. The largest absolute Gasteiger partial charge is 0.380 e. The van der Waals surface area contributed by atoms with Gasteiger partial charge in [0.1, 0.15) is 0 Å². The quantitative estimate of drug-likeness (QED) is 0.730. The summed E-state index contributed by atoms with van der Waals surface area (Å²) < 4.78 is 0. The van der Waals surface area contributed by atoms with Crippen LogP contribution in [-0.2, 0) is 0 Å². The molecule has 0 bridgehead atoms. The van der Waals surface area contributed by atoms with Gasteiger partial charge in [0.25, 0.3) is 0 Å². The van der Waals surface area contributed by atoms with E-state index in [0.29, 0.717) is 0 Å². The van der Waals surface area contributed by atoms with Gasteiger partial charge in [0.15, 0.2) is 5.82 Å². The van der Waals surface area contributed by atoms with Crippen molar-refractivity contribution in [3.63, 3.8) is 0 Å². The molecular weight excluding hydrogens is 174 g/mol. The van der Waals surface area contributed by atoms with Gasteiger partial charge in [-0.05, 0) is 31.9 Å². The molecule has 0 spiro atoms.